The van der Waals surface area contributed by atoms with Crippen molar-refractivity contribution >= 4 is 6.29 Å². The van der Waals surface area contributed by atoms with E-state index in [-0.39, 0.29) is 0 Å². The van der Waals surface area contributed by atoms with Crippen molar-refractivity contribution in [3.63, 3.8) is 0 Å². The summed E-state index contributed by atoms with van der Waals surface area (Å²) < 4.78 is 0. The van der Waals surface area contributed by atoms with Gasteiger partial charge in [0.05, 0.1) is 0 Å². The highest BCUT2D eigenvalue weighted by molar-refractivity contribution is 5.51. The first-order valence-corrected chi connectivity index (χ1v) is 5.71. The Morgan fingerprint density at radius 3 is 2.93 bits per heavy atom. The molecule has 0 amide bonds. The third-order valence-corrected chi connectivity index (χ3v) is 2.96. The average Bonchev–Trinajstić information content (AvgIpc) is 2.25. The fourth-order valence-electron chi connectivity index (χ4n) is 2.15. The van der Waals surface area contributed by atoms with Gasteiger partial charge in [0.2, 0.25) is 0 Å². The molecule has 1 saturated heterocycles. The molecule has 0 aromatic heterocycles. The van der Waals surface area contributed by atoms with Crippen molar-refractivity contribution in [2.45, 2.75) is 45.1 Å². The molecule has 80 valence electrons. The summed E-state index contributed by atoms with van der Waals surface area (Å²) in [6.45, 7) is 4.64. The van der Waals surface area contributed by atoms with Gasteiger partial charge in [-0.25, -0.2) is 0 Å². The molecule has 0 aromatic carbocycles. The highest BCUT2D eigenvalue weighted by Crippen LogP contribution is 2.19. The second kappa shape index (κ2) is 6.77. The molecule has 1 aliphatic heterocycles. The van der Waals surface area contributed by atoms with Gasteiger partial charge >= 0.3 is 0 Å². The van der Waals surface area contributed by atoms with Crippen LogP contribution in [-0.4, -0.2) is 30.3 Å². The van der Waals surface area contributed by atoms with Crippen LogP contribution in [0.4, 0.5) is 0 Å². The van der Waals surface area contributed by atoms with Gasteiger partial charge in [-0.05, 0) is 32.4 Å². The van der Waals surface area contributed by atoms with Crippen molar-refractivity contribution in [1.82, 2.24) is 4.90 Å². The fraction of sp³-hybridized carbons (Fsp3) is 0.750. The first-order chi connectivity index (χ1) is 6.88. The van der Waals surface area contributed by atoms with Crippen LogP contribution >= 0.6 is 0 Å². The number of carbonyl (C=O) groups excluding carboxylic acids is 1. The molecular weight excluding hydrogens is 174 g/mol. The van der Waals surface area contributed by atoms with E-state index >= 15 is 0 Å². The Hall–Kier alpha value is -0.630. The largest absolute Gasteiger partial charge is 0.303 e. The smallest absolute Gasteiger partial charge is 0.123 e. The van der Waals surface area contributed by atoms with Crippen LogP contribution in [0, 0.1) is 0 Å². The number of hydrogen-bond donors (Lipinski definition) is 0. The minimum Gasteiger partial charge on any atom is -0.303 e. The molecule has 1 heterocycles. The third-order valence-electron chi connectivity index (χ3n) is 2.96. The maximum absolute atomic E-state index is 10.1. The van der Waals surface area contributed by atoms with Crippen LogP contribution in [0.1, 0.15) is 39.0 Å². The SMILES string of the molecule is CCN1CCCCC1C/C=C\CC=O. The lowest BCUT2D eigenvalue weighted by Crippen LogP contribution is -2.38. The molecule has 1 aliphatic rings. The monoisotopic (exact) mass is 195 g/mol. The van der Waals surface area contributed by atoms with Gasteiger partial charge in [-0.3, -0.25) is 0 Å². The van der Waals surface area contributed by atoms with Gasteiger partial charge in [-0.15, -0.1) is 0 Å². The van der Waals surface area contributed by atoms with Gasteiger partial charge in [-0.1, -0.05) is 25.5 Å². The summed E-state index contributed by atoms with van der Waals surface area (Å²) in [7, 11) is 0. The number of hydrogen-bond acceptors (Lipinski definition) is 2. The zero-order valence-corrected chi connectivity index (χ0v) is 9.11. The molecule has 0 radical (unpaired) electrons. The lowest BCUT2D eigenvalue weighted by Gasteiger charge is -2.34. The Bertz CT molecular complexity index is 189. The Morgan fingerprint density at radius 1 is 1.36 bits per heavy atom. The molecule has 0 N–H and O–H groups in total. The van der Waals surface area contributed by atoms with Gasteiger partial charge in [0.1, 0.15) is 6.29 Å². The number of allylic oxidation sites excluding steroid dienone is 1. The van der Waals surface area contributed by atoms with Gasteiger partial charge in [0.25, 0.3) is 0 Å². The number of aldehydes is 1. The highest BCUT2D eigenvalue weighted by atomic mass is 16.1. The Balaban J connectivity index is 2.29. The normalized spacial score (nSPS) is 24.2. The second-order valence-electron chi connectivity index (χ2n) is 3.89. The van der Waals surface area contributed by atoms with Gasteiger partial charge in [-0.2, -0.15) is 0 Å². The minimum absolute atomic E-state index is 0.568. The minimum atomic E-state index is 0.568. The maximum atomic E-state index is 10.1. The van der Waals surface area contributed by atoms with Crippen molar-refractivity contribution in [2.24, 2.45) is 0 Å². The summed E-state index contributed by atoms with van der Waals surface area (Å²) in [5, 5.41) is 0. The van der Waals surface area contributed by atoms with Crippen molar-refractivity contribution < 1.29 is 4.79 Å². The van der Waals surface area contributed by atoms with E-state index in [0.717, 1.165) is 25.3 Å². The Kier molecular flexibility index (Phi) is 5.53. The number of likely N-dealkylation sites (tertiary alicyclic amines) is 1. The first-order valence-electron chi connectivity index (χ1n) is 5.71. The van der Waals surface area contributed by atoms with E-state index in [4.69, 9.17) is 0 Å². The van der Waals surface area contributed by atoms with E-state index in [1.54, 1.807) is 0 Å². The van der Waals surface area contributed by atoms with Gasteiger partial charge in [0.15, 0.2) is 0 Å². The van der Waals surface area contributed by atoms with Crippen LogP contribution in [0.15, 0.2) is 12.2 Å². The summed E-state index contributed by atoms with van der Waals surface area (Å²) >= 11 is 0. The predicted molar refractivity (Wildman–Crippen MR) is 59.3 cm³/mol. The van der Waals surface area contributed by atoms with E-state index in [1.807, 2.05) is 6.08 Å². The molecule has 2 heteroatoms. The Labute approximate surface area is 87.0 Å². The fourth-order valence-corrected chi connectivity index (χ4v) is 2.15. The number of piperidine rings is 1. The van der Waals surface area contributed by atoms with Crippen LogP contribution in [0.3, 0.4) is 0 Å². The number of nitrogens with zero attached hydrogens (tertiary/aromatic N) is 1. The van der Waals surface area contributed by atoms with E-state index in [0.29, 0.717) is 6.42 Å². The van der Waals surface area contributed by atoms with E-state index in [9.17, 15) is 4.79 Å². The molecule has 0 spiro atoms. The highest BCUT2D eigenvalue weighted by Gasteiger charge is 2.18. The van der Waals surface area contributed by atoms with E-state index in [2.05, 4.69) is 17.9 Å². The molecule has 0 aromatic rings. The van der Waals surface area contributed by atoms with E-state index < -0.39 is 0 Å². The predicted octanol–water partition coefficient (Wildman–Crippen LogP) is 2.40. The standard InChI is InChI=1S/C12H21NO/c1-2-13-10-6-5-9-12(13)8-4-3-7-11-14/h3-4,11-12H,2,5-10H2,1H3/b4-3-. The van der Waals surface area contributed by atoms with Crippen molar-refractivity contribution in [1.29, 1.82) is 0 Å². The summed E-state index contributed by atoms with van der Waals surface area (Å²) in [6.07, 6.45) is 10.8. The molecule has 0 saturated carbocycles. The third kappa shape index (κ3) is 3.62. The zero-order chi connectivity index (χ0) is 10.2. The average molecular weight is 195 g/mol. The van der Waals surface area contributed by atoms with Crippen molar-refractivity contribution in [3.8, 4) is 0 Å². The zero-order valence-electron chi connectivity index (χ0n) is 9.11. The first kappa shape index (κ1) is 11.4. The van der Waals surface area contributed by atoms with E-state index in [1.165, 1.54) is 25.8 Å². The lowest BCUT2D eigenvalue weighted by molar-refractivity contribution is -0.107. The summed E-state index contributed by atoms with van der Waals surface area (Å²) in [5.74, 6) is 0. The molecule has 1 atom stereocenters. The van der Waals surface area contributed by atoms with Crippen molar-refractivity contribution in [2.75, 3.05) is 13.1 Å². The van der Waals surface area contributed by atoms with Crippen molar-refractivity contribution in [3.05, 3.63) is 12.2 Å². The van der Waals surface area contributed by atoms with Gasteiger partial charge in [0, 0.05) is 12.5 Å². The maximum Gasteiger partial charge on any atom is 0.123 e. The van der Waals surface area contributed by atoms with Gasteiger partial charge < -0.3 is 9.69 Å². The topological polar surface area (TPSA) is 20.3 Å². The molecule has 14 heavy (non-hydrogen) atoms. The summed E-state index contributed by atoms with van der Waals surface area (Å²) in [5.41, 5.74) is 0. The number of rotatable bonds is 5. The van der Waals surface area contributed by atoms with Crippen LogP contribution in [0.2, 0.25) is 0 Å². The molecule has 0 bridgehead atoms. The number of carbonyl (C=O) groups is 1. The molecule has 1 fully saturated rings. The quantitative estimate of drug-likeness (QED) is 0.496. The molecule has 1 rings (SSSR count). The molecule has 2 nitrogen and oxygen atoms in total. The van der Waals surface area contributed by atoms with Crippen LogP contribution in [0.5, 0.6) is 0 Å². The lowest BCUT2D eigenvalue weighted by atomic mass is 9.99. The summed E-state index contributed by atoms with van der Waals surface area (Å²) in [4.78, 5) is 12.7. The second-order valence-corrected chi connectivity index (χ2v) is 3.89. The molecule has 0 aliphatic carbocycles. The molecule has 1 unspecified atom stereocenters. The van der Waals surface area contributed by atoms with Crippen LogP contribution < -0.4 is 0 Å². The van der Waals surface area contributed by atoms with Crippen LogP contribution in [-0.2, 0) is 4.79 Å². The molecular formula is C12H21NO. The summed E-state index contributed by atoms with van der Waals surface area (Å²) in [6, 6.07) is 0.719. The Morgan fingerprint density at radius 2 is 2.21 bits per heavy atom. The van der Waals surface area contributed by atoms with Crippen LogP contribution in [0.25, 0.3) is 0 Å².